The van der Waals surface area contributed by atoms with Gasteiger partial charge in [-0.15, -0.1) is 24.0 Å². The number of nitrogens with one attached hydrogen (secondary N) is 3. The Morgan fingerprint density at radius 2 is 1.76 bits per heavy atom. The monoisotopic (exact) mass is 460 g/mol. The van der Waals surface area contributed by atoms with Crippen LogP contribution in [-0.2, 0) is 0 Å². The van der Waals surface area contributed by atoms with Gasteiger partial charge in [0.15, 0.2) is 5.96 Å². The largest absolute Gasteiger partial charge is 0.356 e. The second-order valence-electron chi connectivity index (χ2n) is 6.02. The van der Waals surface area contributed by atoms with Gasteiger partial charge < -0.3 is 16.0 Å². The van der Waals surface area contributed by atoms with Crippen molar-refractivity contribution in [1.82, 2.24) is 16.0 Å². The van der Waals surface area contributed by atoms with E-state index in [1.165, 1.54) is 19.3 Å². The first kappa shape index (κ1) is 23.7. The fraction of sp³-hybridized carbons (Fsp3) is 0.579. The van der Waals surface area contributed by atoms with Crippen LogP contribution in [-0.4, -0.2) is 38.0 Å². The lowest BCUT2D eigenvalue weighted by molar-refractivity contribution is 0.0953. The standard InChI is InChI=1S/C19H32N4O.HI/c1-4-5-7-11-16(2)23-19(20-3)22-15-10-14-21-18(24)17-12-8-6-9-13-17;/h6,8-9,12-13,16H,4-5,7,10-11,14-15H2,1-3H3,(H,21,24)(H2,20,22,23);1H. The number of rotatable bonds is 10. The van der Waals surface area contributed by atoms with Crippen LogP contribution in [0.5, 0.6) is 0 Å². The van der Waals surface area contributed by atoms with Crippen molar-refractivity contribution >= 4 is 35.8 Å². The van der Waals surface area contributed by atoms with E-state index < -0.39 is 0 Å². The predicted octanol–water partition coefficient (Wildman–Crippen LogP) is 3.56. The third-order valence-electron chi connectivity index (χ3n) is 3.81. The molecule has 0 saturated heterocycles. The zero-order valence-electron chi connectivity index (χ0n) is 15.7. The van der Waals surface area contributed by atoms with Gasteiger partial charge >= 0.3 is 0 Å². The van der Waals surface area contributed by atoms with Gasteiger partial charge in [-0.2, -0.15) is 0 Å². The van der Waals surface area contributed by atoms with E-state index in [1.54, 1.807) is 7.05 Å². The minimum Gasteiger partial charge on any atom is -0.356 e. The first-order valence-electron chi connectivity index (χ1n) is 8.97. The van der Waals surface area contributed by atoms with Gasteiger partial charge in [-0.05, 0) is 31.9 Å². The molecule has 0 spiro atoms. The number of guanidine groups is 1. The lowest BCUT2D eigenvalue weighted by Gasteiger charge is -2.17. The summed E-state index contributed by atoms with van der Waals surface area (Å²) in [7, 11) is 1.78. The van der Waals surface area contributed by atoms with Crippen molar-refractivity contribution in [2.45, 2.75) is 52.0 Å². The van der Waals surface area contributed by atoms with Gasteiger partial charge in [0.25, 0.3) is 5.91 Å². The molecule has 1 atom stereocenters. The fourth-order valence-electron chi connectivity index (χ4n) is 2.39. The predicted molar refractivity (Wildman–Crippen MR) is 117 cm³/mol. The van der Waals surface area contributed by atoms with Gasteiger partial charge in [0, 0.05) is 31.7 Å². The number of amides is 1. The van der Waals surface area contributed by atoms with Gasteiger partial charge in [0.05, 0.1) is 0 Å². The van der Waals surface area contributed by atoms with Crippen LogP contribution in [0.4, 0.5) is 0 Å². The molecule has 6 heteroatoms. The number of hydrogen-bond acceptors (Lipinski definition) is 2. The molecule has 1 aromatic carbocycles. The third-order valence-corrected chi connectivity index (χ3v) is 3.81. The van der Waals surface area contributed by atoms with Gasteiger partial charge in [-0.3, -0.25) is 9.79 Å². The average Bonchev–Trinajstić information content (AvgIpc) is 2.61. The molecule has 0 radical (unpaired) electrons. The van der Waals surface area contributed by atoms with Crippen molar-refractivity contribution in [3.63, 3.8) is 0 Å². The summed E-state index contributed by atoms with van der Waals surface area (Å²) in [6.07, 6.45) is 5.77. The minimum atomic E-state index is -0.0253. The number of halogens is 1. The number of hydrogen-bond donors (Lipinski definition) is 3. The highest BCUT2D eigenvalue weighted by Crippen LogP contribution is 2.02. The number of carbonyl (C=O) groups excluding carboxylic acids is 1. The molecule has 0 saturated carbocycles. The highest BCUT2D eigenvalue weighted by molar-refractivity contribution is 14.0. The molecule has 1 rings (SSSR count). The Bertz CT molecular complexity index is 493. The average molecular weight is 460 g/mol. The molecule has 1 aromatic rings. The fourth-order valence-corrected chi connectivity index (χ4v) is 2.39. The Kier molecular flexibility index (Phi) is 14.2. The molecule has 5 nitrogen and oxygen atoms in total. The molecule has 1 unspecified atom stereocenters. The molecule has 0 aliphatic carbocycles. The van der Waals surface area contributed by atoms with Crippen LogP contribution in [0.15, 0.2) is 35.3 Å². The molecule has 0 heterocycles. The van der Waals surface area contributed by atoms with E-state index >= 15 is 0 Å². The Labute approximate surface area is 169 Å². The number of benzene rings is 1. The topological polar surface area (TPSA) is 65.5 Å². The molecular formula is C19H33IN4O. The van der Waals surface area contributed by atoms with E-state index in [-0.39, 0.29) is 29.9 Å². The summed E-state index contributed by atoms with van der Waals surface area (Å²) < 4.78 is 0. The Morgan fingerprint density at radius 1 is 1.08 bits per heavy atom. The van der Waals surface area contributed by atoms with Crippen LogP contribution in [0.2, 0.25) is 0 Å². The van der Waals surface area contributed by atoms with Crippen molar-refractivity contribution in [2.24, 2.45) is 4.99 Å². The number of aliphatic imine (C=N–C) groups is 1. The number of nitrogens with zero attached hydrogens (tertiary/aromatic N) is 1. The molecular weight excluding hydrogens is 427 g/mol. The van der Waals surface area contributed by atoms with Crippen LogP contribution < -0.4 is 16.0 Å². The van der Waals surface area contributed by atoms with Crippen molar-refractivity contribution in [2.75, 3.05) is 20.1 Å². The summed E-state index contributed by atoms with van der Waals surface area (Å²) in [4.78, 5) is 16.1. The maximum Gasteiger partial charge on any atom is 0.251 e. The first-order valence-corrected chi connectivity index (χ1v) is 8.97. The van der Waals surface area contributed by atoms with Crippen LogP contribution in [0.3, 0.4) is 0 Å². The minimum absolute atomic E-state index is 0. The van der Waals surface area contributed by atoms with Gasteiger partial charge in [0.1, 0.15) is 0 Å². The molecule has 142 valence electrons. The third kappa shape index (κ3) is 11.0. The van der Waals surface area contributed by atoms with Crippen LogP contribution in [0.1, 0.15) is 56.3 Å². The smallest absolute Gasteiger partial charge is 0.251 e. The van der Waals surface area contributed by atoms with Gasteiger partial charge in [-0.1, -0.05) is 44.4 Å². The number of carbonyl (C=O) groups is 1. The SMILES string of the molecule is CCCCCC(C)NC(=NC)NCCCNC(=O)c1ccccc1.I. The van der Waals surface area contributed by atoms with Crippen molar-refractivity contribution in [1.29, 1.82) is 0 Å². The van der Waals surface area contributed by atoms with Crippen LogP contribution in [0.25, 0.3) is 0 Å². The molecule has 1 amide bonds. The zero-order valence-corrected chi connectivity index (χ0v) is 18.0. The Balaban J connectivity index is 0.00000576. The van der Waals surface area contributed by atoms with Crippen LogP contribution >= 0.6 is 24.0 Å². The Morgan fingerprint density at radius 3 is 2.40 bits per heavy atom. The van der Waals surface area contributed by atoms with E-state index in [9.17, 15) is 4.79 Å². The van der Waals surface area contributed by atoms with Crippen LogP contribution in [0, 0.1) is 0 Å². The summed E-state index contributed by atoms with van der Waals surface area (Å²) >= 11 is 0. The van der Waals surface area contributed by atoms with E-state index in [1.807, 2.05) is 30.3 Å². The number of unbranched alkanes of at least 4 members (excludes halogenated alkanes) is 2. The summed E-state index contributed by atoms with van der Waals surface area (Å²) in [6, 6.07) is 9.70. The lowest BCUT2D eigenvalue weighted by Crippen LogP contribution is -2.43. The van der Waals surface area contributed by atoms with E-state index in [0.29, 0.717) is 18.2 Å². The second kappa shape index (κ2) is 15.0. The summed E-state index contributed by atoms with van der Waals surface area (Å²) in [5.74, 6) is 0.802. The summed E-state index contributed by atoms with van der Waals surface area (Å²) in [6.45, 7) is 5.82. The zero-order chi connectivity index (χ0) is 17.6. The maximum absolute atomic E-state index is 11.9. The summed E-state index contributed by atoms with van der Waals surface area (Å²) in [5, 5.41) is 9.62. The normalized spacial score (nSPS) is 12.0. The van der Waals surface area contributed by atoms with E-state index in [0.717, 1.165) is 25.3 Å². The van der Waals surface area contributed by atoms with Gasteiger partial charge in [0.2, 0.25) is 0 Å². The quantitative estimate of drug-likeness (QED) is 0.217. The van der Waals surface area contributed by atoms with Crippen molar-refractivity contribution in [3.05, 3.63) is 35.9 Å². The molecule has 3 N–H and O–H groups in total. The van der Waals surface area contributed by atoms with E-state index in [2.05, 4.69) is 34.8 Å². The van der Waals surface area contributed by atoms with Crippen molar-refractivity contribution < 1.29 is 4.79 Å². The van der Waals surface area contributed by atoms with Crippen molar-refractivity contribution in [3.8, 4) is 0 Å². The van der Waals surface area contributed by atoms with Gasteiger partial charge in [-0.25, -0.2) is 0 Å². The first-order chi connectivity index (χ1) is 11.7. The molecule has 0 aromatic heterocycles. The highest BCUT2D eigenvalue weighted by atomic mass is 127. The second-order valence-corrected chi connectivity index (χ2v) is 6.02. The molecule has 25 heavy (non-hydrogen) atoms. The maximum atomic E-state index is 11.9. The molecule has 0 aliphatic heterocycles. The summed E-state index contributed by atoms with van der Waals surface area (Å²) in [5.41, 5.74) is 0.698. The Hall–Kier alpha value is -1.31. The molecule has 0 bridgehead atoms. The lowest BCUT2D eigenvalue weighted by atomic mass is 10.1. The molecule has 0 fully saturated rings. The highest BCUT2D eigenvalue weighted by Gasteiger charge is 2.05. The molecule has 0 aliphatic rings. The van der Waals surface area contributed by atoms with E-state index in [4.69, 9.17) is 0 Å².